The second kappa shape index (κ2) is 8.64. The normalized spacial score (nSPS) is 14.8. The molecule has 1 fully saturated rings. The summed E-state index contributed by atoms with van der Waals surface area (Å²) in [5.74, 6) is 1.46. The maximum Gasteiger partial charge on any atom is 0.409 e. The molecule has 1 aliphatic heterocycles. The van der Waals surface area contributed by atoms with Crippen LogP contribution in [0, 0.1) is 13.8 Å². The Hall–Kier alpha value is -3.36. The largest absolute Gasteiger partial charge is 0.466 e. The second-order valence-corrected chi connectivity index (χ2v) is 8.40. The van der Waals surface area contributed by atoms with Crippen molar-refractivity contribution in [2.45, 2.75) is 40.2 Å². The molecular formula is C23H29N5O4. The van der Waals surface area contributed by atoms with Gasteiger partial charge in [-0.1, -0.05) is 0 Å². The first-order chi connectivity index (χ1) is 15.3. The number of aryl methyl sites for hydroxylation is 2. The number of carbonyl (C=O) groups excluding carboxylic acids is 2. The van der Waals surface area contributed by atoms with Crippen LogP contribution in [0.4, 0.5) is 4.79 Å². The van der Waals surface area contributed by atoms with E-state index >= 15 is 0 Å². The number of rotatable bonds is 3. The van der Waals surface area contributed by atoms with E-state index in [1.165, 1.54) is 7.11 Å². The maximum absolute atomic E-state index is 13.7. The summed E-state index contributed by atoms with van der Waals surface area (Å²) in [6.45, 7) is 9.85. The number of ether oxygens (including phenoxy) is 1. The number of pyridine rings is 1. The predicted octanol–water partition coefficient (Wildman–Crippen LogP) is 3.80. The number of carbonyl (C=O) groups is 2. The zero-order valence-electron chi connectivity index (χ0n) is 19.2. The minimum atomic E-state index is -0.364. The van der Waals surface area contributed by atoms with Gasteiger partial charge < -0.3 is 19.0 Å². The topological polar surface area (TPSA) is 93.7 Å². The number of aromatic nitrogens is 3. The Balaban J connectivity index is 1.76. The van der Waals surface area contributed by atoms with Gasteiger partial charge in [-0.3, -0.25) is 4.79 Å². The third kappa shape index (κ3) is 3.94. The fraction of sp³-hybridized carbons (Fsp3) is 0.478. The highest BCUT2D eigenvalue weighted by Crippen LogP contribution is 2.30. The van der Waals surface area contributed by atoms with Gasteiger partial charge >= 0.3 is 6.09 Å². The molecule has 0 aliphatic carbocycles. The molecule has 9 heteroatoms. The highest BCUT2D eigenvalue weighted by Gasteiger charge is 2.26. The van der Waals surface area contributed by atoms with E-state index < -0.39 is 0 Å². The molecule has 4 rings (SSSR count). The molecule has 0 atom stereocenters. The van der Waals surface area contributed by atoms with Gasteiger partial charge in [0.2, 0.25) is 0 Å². The highest BCUT2D eigenvalue weighted by atomic mass is 16.5. The summed E-state index contributed by atoms with van der Waals surface area (Å²) in [7, 11) is 1.37. The molecule has 4 heterocycles. The van der Waals surface area contributed by atoms with Gasteiger partial charge in [-0.25, -0.2) is 14.5 Å². The first kappa shape index (κ1) is 21.9. The Morgan fingerprint density at radius 2 is 1.81 bits per heavy atom. The van der Waals surface area contributed by atoms with Crippen molar-refractivity contribution in [3.63, 3.8) is 0 Å². The molecule has 1 aliphatic rings. The van der Waals surface area contributed by atoms with E-state index in [1.54, 1.807) is 16.0 Å². The first-order valence-corrected chi connectivity index (χ1v) is 10.9. The average Bonchev–Trinajstić information content (AvgIpc) is 3.25. The van der Waals surface area contributed by atoms with Crippen molar-refractivity contribution in [2.75, 3.05) is 33.3 Å². The quantitative estimate of drug-likeness (QED) is 0.616. The van der Waals surface area contributed by atoms with Crippen molar-refractivity contribution >= 4 is 23.0 Å². The third-order valence-corrected chi connectivity index (χ3v) is 5.82. The minimum Gasteiger partial charge on any atom is -0.466 e. The summed E-state index contributed by atoms with van der Waals surface area (Å²) in [4.78, 5) is 33.9. The van der Waals surface area contributed by atoms with Crippen LogP contribution in [-0.2, 0) is 4.74 Å². The van der Waals surface area contributed by atoms with Gasteiger partial charge in [0, 0.05) is 37.8 Å². The van der Waals surface area contributed by atoms with E-state index in [2.05, 4.69) is 5.10 Å². The third-order valence-electron chi connectivity index (χ3n) is 5.82. The molecule has 0 aromatic carbocycles. The Kier molecular flexibility index (Phi) is 5.90. The fourth-order valence-electron chi connectivity index (χ4n) is 4.20. The van der Waals surface area contributed by atoms with Crippen LogP contribution in [0.5, 0.6) is 0 Å². The number of amides is 2. The Morgan fingerprint density at radius 3 is 2.47 bits per heavy atom. The number of hydrogen-bond donors (Lipinski definition) is 0. The zero-order valence-corrected chi connectivity index (χ0v) is 19.2. The summed E-state index contributed by atoms with van der Waals surface area (Å²) < 4.78 is 12.4. The molecule has 0 saturated carbocycles. The maximum atomic E-state index is 13.7. The van der Waals surface area contributed by atoms with Crippen molar-refractivity contribution in [3.8, 4) is 11.3 Å². The summed E-state index contributed by atoms with van der Waals surface area (Å²) in [5.41, 5.74) is 2.78. The number of nitrogens with zero attached hydrogens (tertiary/aromatic N) is 5. The summed E-state index contributed by atoms with van der Waals surface area (Å²) >= 11 is 0. The number of hydrogen-bond acceptors (Lipinski definition) is 6. The van der Waals surface area contributed by atoms with E-state index in [9.17, 15) is 9.59 Å². The van der Waals surface area contributed by atoms with Crippen molar-refractivity contribution in [3.05, 3.63) is 35.4 Å². The summed E-state index contributed by atoms with van der Waals surface area (Å²) in [6, 6.07) is 3.86. The predicted molar refractivity (Wildman–Crippen MR) is 120 cm³/mol. The lowest BCUT2D eigenvalue weighted by Gasteiger charge is -2.22. The Labute approximate surface area is 186 Å². The lowest BCUT2D eigenvalue weighted by molar-refractivity contribution is 0.0759. The Bertz CT molecular complexity index is 1160. The molecule has 0 N–H and O–H groups in total. The molecule has 0 spiro atoms. The van der Waals surface area contributed by atoms with Gasteiger partial charge in [0.1, 0.15) is 11.5 Å². The van der Waals surface area contributed by atoms with Crippen molar-refractivity contribution in [2.24, 2.45) is 0 Å². The molecule has 9 nitrogen and oxygen atoms in total. The molecule has 3 aromatic rings. The second-order valence-electron chi connectivity index (χ2n) is 8.40. The van der Waals surface area contributed by atoms with Crippen LogP contribution < -0.4 is 0 Å². The van der Waals surface area contributed by atoms with Crippen molar-refractivity contribution in [1.29, 1.82) is 0 Å². The molecule has 0 bridgehead atoms. The van der Waals surface area contributed by atoms with Crippen LogP contribution in [0.1, 0.15) is 48.2 Å². The Morgan fingerprint density at radius 1 is 1.09 bits per heavy atom. The van der Waals surface area contributed by atoms with Gasteiger partial charge in [0.15, 0.2) is 5.65 Å². The van der Waals surface area contributed by atoms with Gasteiger partial charge in [-0.05, 0) is 46.2 Å². The molecule has 2 amide bonds. The van der Waals surface area contributed by atoms with E-state index in [0.29, 0.717) is 49.5 Å². The van der Waals surface area contributed by atoms with Crippen LogP contribution in [0.3, 0.4) is 0 Å². The molecule has 0 unspecified atom stereocenters. The van der Waals surface area contributed by atoms with Crippen LogP contribution >= 0.6 is 0 Å². The van der Waals surface area contributed by atoms with Crippen LogP contribution in [0.2, 0.25) is 0 Å². The lowest BCUT2D eigenvalue weighted by atomic mass is 10.1. The monoisotopic (exact) mass is 439 g/mol. The van der Waals surface area contributed by atoms with Crippen molar-refractivity contribution < 1.29 is 18.7 Å². The van der Waals surface area contributed by atoms with Crippen molar-refractivity contribution in [1.82, 2.24) is 24.6 Å². The highest BCUT2D eigenvalue weighted by molar-refractivity contribution is 6.06. The smallest absolute Gasteiger partial charge is 0.409 e. The zero-order chi connectivity index (χ0) is 23.0. The summed E-state index contributed by atoms with van der Waals surface area (Å²) in [5, 5.41) is 5.22. The van der Waals surface area contributed by atoms with Gasteiger partial charge in [0.05, 0.1) is 30.0 Å². The van der Waals surface area contributed by atoms with Gasteiger partial charge in [-0.15, -0.1) is 0 Å². The lowest BCUT2D eigenvalue weighted by Crippen LogP contribution is -2.37. The SMILES string of the molecule is COC(=O)N1CCCN(C(=O)c2cc(-c3cc(C)oc3C)nc3c2cnn3C(C)C)CC1. The molecule has 170 valence electrons. The number of fused-ring (bicyclic) bond motifs is 1. The molecule has 1 saturated heterocycles. The molecule has 3 aromatic heterocycles. The van der Waals surface area contributed by atoms with E-state index in [1.807, 2.05) is 44.5 Å². The minimum absolute atomic E-state index is 0.0912. The summed E-state index contributed by atoms with van der Waals surface area (Å²) in [6.07, 6.45) is 2.04. The molecular weight excluding hydrogens is 410 g/mol. The first-order valence-electron chi connectivity index (χ1n) is 10.9. The standard InChI is InChI=1S/C23H29N5O4/c1-14(2)28-21-19(13-24-28)18(12-20(25-21)17-11-15(3)32-16(17)4)22(29)26-7-6-8-27(10-9-26)23(30)31-5/h11-14H,6-10H2,1-5H3. The fourth-order valence-corrected chi connectivity index (χ4v) is 4.20. The van der Waals surface area contributed by atoms with Crippen LogP contribution in [0.15, 0.2) is 22.7 Å². The van der Waals surface area contributed by atoms with E-state index in [4.69, 9.17) is 14.1 Å². The molecule has 32 heavy (non-hydrogen) atoms. The van der Waals surface area contributed by atoms with E-state index in [0.717, 1.165) is 22.5 Å². The van der Waals surface area contributed by atoms with Gasteiger partial charge in [-0.2, -0.15) is 5.10 Å². The van der Waals surface area contributed by atoms with Crippen LogP contribution in [0.25, 0.3) is 22.3 Å². The number of methoxy groups -OCH3 is 1. The average molecular weight is 440 g/mol. The van der Waals surface area contributed by atoms with Crippen LogP contribution in [-0.4, -0.2) is 69.9 Å². The molecule has 0 radical (unpaired) electrons. The van der Waals surface area contributed by atoms with Gasteiger partial charge in [0.25, 0.3) is 5.91 Å². The number of furan rings is 1. The van der Waals surface area contributed by atoms with E-state index in [-0.39, 0.29) is 18.0 Å².